The summed E-state index contributed by atoms with van der Waals surface area (Å²) in [6.45, 7) is 1.42. The van der Waals surface area contributed by atoms with Crippen LogP contribution in [-0.4, -0.2) is 121 Å². The van der Waals surface area contributed by atoms with Crippen molar-refractivity contribution in [2.75, 3.05) is 26.2 Å². The fraction of sp³-hybridized carbons (Fsp3) is 0.431. The van der Waals surface area contributed by atoms with E-state index < -0.39 is 54.7 Å². The zero-order chi connectivity index (χ0) is 50.2. The second-order valence-electron chi connectivity index (χ2n) is 18.9. The van der Waals surface area contributed by atoms with Gasteiger partial charge in [-0.15, -0.1) is 11.3 Å². The molecular formula is C51H53F2N6O10PS. The number of carbonyl (C=O) groups is 7. The quantitative estimate of drug-likeness (QED) is 0.0597. The average Bonchev–Trinajstić information content (AvgIpc) is 4.16. The molecule has 5 atom stereocenters. The Hall–Kier alpha value is -6.32. The van der Waals surface area contributed by atoms with Crippen molar-refractivity contribution in [1.82, 2.24) is 30.2 Å². The summed E-state index contributed by atoms with van der Waals surface area (Å²) in [4.78, 5) is 119. The molecule has 5 aliphatic rings. The van der Waals surface area contributed by atoms with E-state index in [2.05, 4.69) is 22.5 Å². The van der Waals surface area contributed by atoms with Gasteiger partial charge in [-0.3, -0.25) is 43.4 Å². The van der Waals surface area contributed by atoms with Gasteiger partial charge < -0.3 is 34.7 Å². The van der Waals surface area contributed by atoms with Crippen LogP contribution in [0, 0.1) is 11.8 Å². The van der Waals surface area contributed by atoms with Crippen LogP contribution in [0.5, 0.6) is 0 Å². The number of piperidine rings is 1. The summed E-state index contributed by atoms with van der Waals surface area (Å²) >= 11 is 0.944. The van der Waals surface area contributed by atoms with Gasteiger partial charge in [-0.1, -0.05) is 54.7 Å². The Morgan fingerprint density at radius 2 is 1.66 bits per heavy atom. The van der Waals surface area contributed by atoms with Crippen molar-refractivity contribution in [2.45, 2.75) is 113 Å². The first-order valence-corrected chi connectivity index (χ1v) is 26.4. The molecular weight excluding hydrogens is 958 g/mol. The molecule has 0 bridgehead atoms. The number of carbonyl (C=O) groups excluding carboxylic acids is 7. The Balaban J connectivity index is 0.843. The van der Waals surface area contributed by atoms with Gasteiger partial charge in [0.25, 0.3) is 11.8 Å². The number of fused-ring (bicyclic) bond motifs is 3. The summed E-state index contributed by atoms with van der Waals surface area (Å²) < 4.78 is 41.2. The minimum absolute atomic E-state index is 0.0461. The lowest BCUT2D eigenvalue weighted by molar-refractivity contribution is -0.148. The summed E-state index contributed by atoms with van der Waals surface area (Å²) in [6.07, 6.45) is 5.27. The van der Waals surface area contributed by atoms with E-state index >= 15 is 0 Å². The van der Waals surface area contributed by atoms with Gasteiger partial charge in [-0.05, 0) is 97.9 Å². The molecule has 71 heavy (non-hydrogen) atoms. The van der Waals surface area contributed by atoms with Crippen LogP contribution in [0.1, 0.15) is 119 Å². The number of nitrogens with zero attached hydrogens (tertiary/aromatic N) is 4. The zero-order valence-electron chi connectivity index (χ0n) is 38.7. The highest BCUT2D eigenvalue weighted by molar-refractivity contribution is 7.52. The van der Waals surface area contributed by atoms with Gasteiger partial charge in [-0.2, -0.15) is 8.78 Å². The molecule has 0 spiro atoms. The van der Waals surface area contributed by atoms with Crippen molar-refractivity contribution in [1.29, 1.82) is 0 Å². The number of rotatable bonds is 12. The summed E-state index contributed by atoms with van der Waals surface area (Å²) in [5.74, 6) is 3.82. The molecule has 16 nitrogen and oxygen atoms in total. The van der Waals surface area contributed by atoms with E-state index in [1.165, 1.54) is 17.0 Å². The van der Waals surface area contributed by atoms with Crippen molar-refractivity contribution in [3.8, 4) is 11.8 Å². The number of hydrogen-bond acceptors (Lipinski definition) is 9. The van der Waals surface area contributed by atoms with E-state index in [0.29, 0.717) is 68.3 Å². The number of likely N-dealkylation sites (tertiary alicyclic amines) is 1. The van der Waals surface area contributed by atoms with E-state index in [1.54, 1.807) is 21.9 Å². The van der Waals surface area contributed by atoms with Crippen molar-refractivity contribution < 1.29 is 56.7 Å². The maximum Gasteiger partial charge on any atom is 0.399 e. The van der Waals surface area contributed by atoms with E-state index in [1.807, 2.05) is 41.3 Å². The van der Waals surface area contributed by atoms with Crippen LogP contribution in [0.4, 0.5) is 8.78 Å². The molecule has 4 aromatic rings. The van der Waals surface area contributed by atoms with Crippen LogP contribution >= 0.6 is 18.9 Å². The number of nitrogens with one attached hydrogen (secondary N) is 2. The van der Waals surface area contributed by atoms with E-state index in [9.17, 15) is 56.7 Å². The maximum absolute atomic E-state index is 14.8. The normalized spacial score (nSPS) is 22.7. The van der Waals surface area contributed by atoms with Crippen LogP contribution in [0.25, 0.3) is 10.1 Å². The smallest absolute Gasteiger partial charge is 0.340 e. The molecule has 0 aliphatic carbocycles. The van der Waals surface area contributed by atoms with E-state index in [-0.39, 0.29) is 84.7 Å². The molecule has 4 N–H and O–H groups in total. The lowest BCUT2D eigenvalue weighted by Gasteiger charge is -2.39. The molecule has 0 saturated carbocycles. The number of alkyl halides is 2. The van der Waals surface area contributed by atoms with E-state index in [0.717, 1.165) is 46.6 Å². The predicted octanol–water partition coefficient (Wildman–Crippen LogP) is 5.60. The standard InChI is InChI=1S/C51H53F2N6O10PS/c52-51(53,70(67,68)69)36-14-19-42-34(26-36)27-43(71-42)47(63)54-39-30-56(24-22-37-15-17-41(59(37)49(39)65)50(66)57-23-21-33(28-57)32-10-6-4-7-11-32)45(61)12-8-3-1-2-5-9-31-13-16-38-35(25-31)29-58(48(38)64)40-18-20-44(60)55-46(40)62/h4,6-7,10-11,13-14,16,19,25-27,33,37,39-41H,1-3,8,12,15,17-18,20-24,28-30H2,(H,54,63)(H,55,60,62)(H2,67,68,69)/t33?,37-,39+,40?,41+/m1/s1. The number of hydrogen-bond donors (Lipinski definition) is 4. The monoisotopic (exact) mass is 1010 g/mol. The minimum atomic E-state index is -5.85. The molecule has 7 amide bonds. The first-order chi connectivity index (χ1) is 34.0. The van der Waals surface area contributed by atoms with Gasteiger partial charge in [0, 0.05) is 85.3 Å². The Bertz CT molecular complexity index is 2920. The van der Waals surface area contributed by atoms with Gasteiger partial charge in [-0.25, -0.2) is 0 Å². The van der Waals surface area contributed by atoms with Crippen LogP contribution in [0.3, 0.4) is 0 Å². The number of amides is 7. The van der Waals surface area contributed by atoms with Gasteiger partial charge in [0.05, 0.1) is 4.88 Å². The minimum Gasteiger partial charge on any atom is -0.340 e. The molecule has 4 saturated heterocycles. The number of benzene rings is 3. The third-order valence-electron chi connectivity index (χ3n) is 14.3. The second-order valence-corrected chi connectivity index (χ2v) is 21.6. The molecule has 5 aliphatic heterocycles. The van der Waals surface area contributed by atoms with Gasteiger partial charge in [0.2, 0.25) is 29.5 Å². The molecule has 1 aromatic heterocycles. The molecule has 0 radical (unpaired) electrons. The Labute approximate surface area is 412 Å². The van der Waals surface area contributed by atoms with Gasteiger partial charge in [0.15, 0.2) is 0 Å². The highest BCUT2D eigenvalue weighted by Crippen LogP contribution is 2.59. The van der Waals surface area contributed by atoms with Gasteiger partial charge >= 0.3 is 13.3 Å². The number of halogens is 2. The third kappa shape index (κ3) is 10.4. The second kappa shape index (κ2) is 20.4. The van der Waals surface area contributed by atoms with Crippen LogP contribution in [0.2, 0.25) is 0 Å². The molecule has 372 valence electrons. The third-order valence-corrected chi connectivity index (χ3v) is 16.4. The molecule has 9 rings (SSSR count). The number of imide groups is 1. The summed E-state index contributed by atoms with van der Waals surface area (Å²) in [5, 5.41) is 5.25. The summed E-state index contributed by atoms with van der Waals surface area (Å²) in [5.41, 5.74) is -2.25. The summed E-state index contributed by atoms with van der Waals surface area (Å²) in [7, 11) is -5.85. The van der Waals surface area contributed by atoms with Crippen molar-refractivity contribution in [2.24, 2.45) is 0 Å². The van der Waals surface area contributed by atoms with Crippen LogP contribution < -0.4 is 10.6 Å². The molecule has 6 heterocycles. The van der Waals surface area contributed by atoms with Crippen molar-refractivity contribution in [3.05, 3.63) is 105 Å². The highest BCUT2D eigenvalue weighted by atomic mass is 32.1. The number of thiophene rings is 1. The fourth-order valence-electron chi connectivity index (χ4n) is 10.5. The lowest BCUT2D eigenvalue weighted by atomic mass is 9.99. The average molecular weight is 1010 g/mol. The molecule has 20 heteroatoms. The highest BCUT2D eigenvalue weighted by Gasteiger charge is 2.51. The number of unbranched alkanes of at least 4 members (excludes halogenated alkanes) is 3. The first-order valence-electron chi connectivity index (χ1n) is 24.0. The largest absolute Gasteiger partial charge is 0.399 e. The fourth-order valence-corrected chi connectivity index (χ4v) is 11.9. The van der Waals surface area contributed by atoms with Crippen LogP contribution in [0.15, 0.2) is 72.8 Å². The Kier molecular flexibility index (Phi) is 14.3. The summed E-state index contributed by atoms with van der Waals surface area (Å²) in [6, 6.07) is 16.5. The van der Waals surface area contributed by atoms with E-state index in [4.69, 9.17) is 0 Å². The Morgan fingerprint density at radius 1 is 0.873 bits per heavy atom. The predicted molar refractivity (Wildman–Crippen MR) is 257 cm³/mol. The topological polar surface area (TPSA) is 214 Å². The first kappa shape index (κ1) is 49.7. The molecule has 3 aromatic carbocycles. The molecule has 4 fully saturated rings. The Morgan fingerprint density at radius 3 is 2.44 bits per heavy atom. The van der Waals surface area contributed by atoms with Crippen LogP contribution in [-0.2, 0) is 40.7 Å². The zero-order valence-corrected chi connectivity index (χ0v) is 40.4. The van der Waals surface area contributed by atoms with Crippen molar-refractivity contribution in [3.63, 3.8) is 0 Å². The maximum atomic E-state index is 14.8. The molecule has 2 unspecified atom stereocenters. The SMILES string of the molecule is O=C1CCC(N2Cc3cc(C#CCCCCCC(=O)N4CC[C@H]5CC[C@@H](C(=O)N6CCC(c7ccccc7)C6)N5C(=O)[C@@H](NC(=O)c5cc6cc(C(F)(F)P(=O)(O)O)ccc6s5)C4)ccc3C2=O)C(=O)N1. The lowest BCUT2D eigenvalue weighted by Crippen LogP contribution is -2.61. The van der Waals surface area contributed by atoms with Crippen molar-refractivity contribution >= 4 is 70.4 Å². The van der Waals surface area contributed by atoms with Gasteiger partial charge in [0.1, 0.15) is 18.1 Å².